The number of carbonyl (C=O) groups excluding carboxylic acids is 3. The predicted octanol–water partition coefficient (Wildman–Crippen LogP) is 0.0802. The number of nitrogens with one attached hydrogen (secondary N) is 2. The third kappa shape index (κ3) is 6.55. The SMILES string of the molecule is CC(C)(C)OC(=O)NCc1nnc(SCC2=C(C(=O)O)N3C(=O)C(NC(=O)Cn4cnnn4)[C@H]3SC2)s1. The summed E-state index contributed by atoms with van der Waals surface area (Å²) in [5.74, 6) is -1.51. The smallest absolute Gasteiger partial charge is 0.408 e. The molecule has 2 atom stereocenters. The molecule has 2 aliphatic rings. The number of carboxylic acids is 1. The van der Waals surface area contributed by atoms with Crippen LogP contribution in [0.5, 0.6) is 0 Å². The largest absolute Gasteiger partial charge is 0.477 e. The van der Waals surface area contributed by atoms with Crippen LogP contribution in [0.3, 0.4) is 0 Å². The molecule has 3 N–H and O–H groups in total. The van der Waals surface area contributed by atoms with E-state index >= 15 is 0 Å². The van der Waals surface area contributed by atoms with E-state index in [4.69, 9.17) is 4.74 Å². The van der Waals surface area contributed by atoms with Crippen LogP contribution in [0, 0.1) is 0 Å². The highest BCUT2D eigenvalue weighted by Gasteiger charge is 2.54. The highest BCUT2D eigenvalue weighted by atomic mass is 32.2. The Bertz CT molecular complexity index is 1230. The first-order valence-corrected chi connectivity index (χ1v) is 13.7. The van der Waals surface area contributed by atoms with Crippen LogP contribution in [0.1, 0.15) is 25.8 Å². The molecule has 1 saturated heterocycles. The number of aliphatic carboxylic acids is 1. The summed E-state index contributed by atoms with van der Waals surface area (Å²) >= 11 is 3.93. The molecule has 1 unspecified atom stereocenters. The molecule has 0 spiro atoms. The fourth-order valence-corrected chi connectivity index (χ4v) is 6.71. The summed E-state index contributed by atoms with van der Waals surface area (Å²) in [4.78, 5) is 50.1. The number of ether oxygens (including phenoxy) is 1. The van der Waals surface area contributed by atoms with E-state index in [2.05, 4.69) is 36.4 Å². The zero-order chi connectivity index (χ0) is 26.7. The maximum Gasteiger partial charge on any atom is 0.408 e. The summed E-state index contributed by atoms with van der Waals surface area (Å²) in [6.07, 6.45) is 0.711. The van der Waals surface area contributed by atoms with E-state index < -0.39 is 40.9 Å². The van der Waals surface area contributed by atoms with Gasteiger partial charge in [0.25, 0.3) is 5.91 Å². The molecule has 3 amide bonds. The molecule has 37 heavy (non-hydrogen) atoms. The fourth-order valence-electron chi connectivity index (χ4n) is 3.39. The molecule has 0 aromatic carbocycles. The van der Waals surface area contributed by atoms with Gasteiger partial charge in [-0.2, -0.15) is 0 Å². The number of hydrogen-bond donors (Lipinski definition) is 3. The van der Waals surface area contributed by atoms with E-state index in [1.807, 2.05) is 0 Å². The van der Waals surface area contributed by atoms with Gasteiger partial charge in [-0.15, -0.1) is 27.1 Å². The van der Waals surface area contributed by atoms with E-state index in [0.717, 1.165) is 0 Å². The van der Waals surface area contributed by atoms with Crippen molar-refractivity contribution in [2.24, 2.45) is 0 Å². The van der Waals surface area contributed by atoms with Crippen molar-refractivity contribution in [3.63, 3.8) is 0 Å². The number of rotatable bonds is 9. The van der Waals surface area contributed by atoms with Crippen molar-refractivity contribution in [1.82, 2.24) is 45.9 Å². The van der Waals surface area contributed by atoms with Crippen LogP contribution in [-0.2, 0) is 32.2 Å². The van der Waals surface area contributed by atoms with Crippen LogP contribution in [0.15, 0.2) is 21.9 Å². The fraction of sp³-hybridized carbons (Fsp3) is 0.526. The Labute approximate surface area is 222 Å². The van der Waals surface area contributed by atoms with Gasteiger partial charge in [0.2, 0.25) is 5.91 Å². The molecule has 2 aliphatic heterocycles. The normalized spacial score (nSPS) is 19.2. The van der Waals surface area contributed by atoms with Crippen molar-refractivity contribution in [2.45, 2.75) is 55.2 Å². The van der Waals surface area contributed by atoms with Crippen molar-refractivity contribution in [3.8, 4) is 0 Å². The molecule has 18 heteroatoms. The number of fused-ring (bicyclic) bond motifs is 1. The highest BCUT2D eigenvalue weighted by molar-refractivity contribution is 8.01. The lowest BCUT2D eigenvalue weighted by Crippen LogP contribution is -2.70. The minimum Gasteiger partial charge on any atom is -0.477 e. The lowest BCUT2D eigenvalue weighted by Gasteiger charge is -2.49. The Morgan fingerprint density at radius 1 is 1.30 bits per heavy atom. The van der Waals surface area contributed by atoms with Crippen LogP contribution in [-0.4, -0.2) is 92.8 Å². The molecule has 15 nitrogen and oxygen atoms in total. The first-order valence-electron chi connectivity index (χ1n) is 10.8. The average Bonchev–Trinajstić information content (AvgIpc) is 3.50. The molecule has 0 radical (unpaired) electrons. The molecular weight excluding hydrogens is 546 g/mol. The number of alkyl carbamates (subject to hydrolysis) is 1. The number of aromatic nitrogens is 6. The Morgan fingerprint density at radius 3 is 2.76 bits per heavy atom. The Kier molecular flexibility index (Phi) is 7.98. The number of amides is 3. The number of tetrazole rings is 1. The summed E-state index contributed by atoms with van der Waals surface area (Å²) in [5, 5.41) is 33.7. The highest BCUT2D eigenvalue weighted by Crippen LogP contribution is 2.41. The van der Waals surface area contributed by atoms with E-state index in [1.165, 1.54) is 50.8 Å². The second-order valence-corrected chi connectivity index (χ2v) is 12.2. The van der Waals surface area contributed by atoms with Crippen LogP contribution in [0.2, 0.25) is 0 Å². The number of carboxylic acid groups (broad SMARTS) is 1. The number of thioether (sulfide) groups is 2. The van der Waals surface area contributed by atoms with Gasteiger partial charge in [-0.3, -0.25) is 14.5 Å². The lowest BCUT2D eigenvalue weighted by atomic mass is 10.0. The first kappa shape index (κ1) is 26.8. The van der Waals surface area contributed by atoms with Crippen molar-refractivity contribution in [2.75, 3.05) is 11.5 Å². The quantitative estimate of drug-likeness (QED) is 0.272. The second kappa shape index (κ2) is 11.0. The van der Waals surface area contributed by atoms with Crippen LogP contribution >= 0.6 is 34.9 Å². The Balaban J connectivity index is 1.33. The van der Waals surface area contributed by atoms with Crippen molar-refractivity contribution < 1.29 is 29.0 Å². The summed E-state index contributed by atoms with van der Waals surface area (Å²) in [7, 11) is 0. The van der Waals surface area contributed by atoms with Gasteiger partial charge in [0.15, 0.2) is 4.34 Å². The third-order valence-electron chi connectivity index (χ3n) is 4.86. The van der Waals surface area contributed by atoms with Crippen molar-refractivity contribution >= 4 is 58.7 Å². The maximum absolute atomic E-state index is 12.8. The Morgan fingerprint density at radius 2 is 2.08 bits per heavy atom. The first-order chi connectivity index (χ1) is 17.5. The number of hydrogen-bond acceptors (Lipinski definition) is 13. The molecular formula is C19H23N9O6S3. The Hall–Kier alpha value is -3.25. The minimum atomic E-state index is -1.22. The standard InChI is InChI=1S/C19H23N9O6S3/c1-19(2,3)34-17(33)20-4-11-23-24-18(37-11)36-7-9-6-35-15-12(14(30)28(15)13(9)16(31)32)22-10(29)5-27-8-21-25-26-27/h8,12,15H,4-7H2,1-3H3,(H,20,33)(H,22,29)(H,31,32)/t12?,15-/m1/s1. The molecule has 2 aromatic heterocycles. The van der Waals surface area contributed by atoms with Gasteiger partial charge >= 0.3 is 12.1 Å². The van der Waals surface area contributed by atoms with Gasteiger partial charge < -0.3 is 20.5 Å². The van der Waals surface area contributed by atoms with Gasteiger partial charge in [0.05, 0.1) is 6.54 Å². The summed E-state index contributed by atoms with van der Waals surface area (Å²) in [6, 6.07) is -0.833. The lowest BCUT2D eigenvalue weighted by molar-refractivity contribution is -0.150. The van der Waals surface area contributed by atoms with E-state index in [1.54, 1.807) is 20.8 Å². The maximum atomic E-state index is 12.8. The summed E-state index contributed by atoms with van der Waals surface area (Å²) < 4.78 is 6.99. The van der Waals surface area contributed by atoms with Gasteiger partial charge in [0, 0.05) is 11.5 Å². The number of carbonyl (C=O) groups is 4. The molecule has 0 saturated carbocycles. The monoisotopic (exact) mass is 569 g/mol. The topological polar surface area (TPSA) is 194 Å². The molecule has 4 rings (SSSR count). The molecule has 2 aromatic rings. The zero-order valence-electron chi connectivity index (χ0n) is 19.9. The molecule has 0 aliphatic carbocycles. The van der Waals surface area contributed by atoms with Gasteiger partial charge in [0.1, 0.15) is 40.6 Å². The second-order valence-electron chi connectivity index (χ2n) is 8.83. The van der Waals surface area contributed by atoms with E-state index in [-0.39, 0.29) is 24.5 Å². The molecule has 198 valence electrons. The van der Waals surface area contributed by atoms with E-state index in [9.17, 15) is 24.3 Å². The van der Waals surface area contributed by atoms with Crippen molar-refractivity contribution in [1.29, 1.82) is 0 Å². The third-order valence-corrected chi connectivity index (χ3v) is 8.35. The predicted molar refractivity (Wildman–Crippen MR) is 131 cm³/mol. The number of β-lactam (4-membered cyclic amide) rings is 1. The molecule has 0 bridgehead atoms. The van der Waals surface area contributed by atoms with Crippen LogP contribution in [0.4, 0.5) is 4.79 Å². The van der Waals surface area contributed by atoms with Crippen LogP contribution in [0.25, 0.3) is 0 Å². The summed E-state index contributed by atoms with van der Waals surface area (Å²) in [6.45, 7) is 5.29. The minimum absolute atomic E-state index is 0.0800. The number of nitrogens with zero attached hydrogens (tertiary/aromatic N) is 7. The van der Waals surface area contributed by atoms with E-state index in [0.29, 0.717) is 20.7 Å². The average molecular weight is 570 g/mol. The summed E-state index contributed by atoms with van der Waals surface area (Å²) in [5.41, 5.74) is -0.129. The molecule has 4 heterocycles. The van der Waals surface area contributed by atoms with Gasteiger partial charge in [-0.1, -0.05) is 23.1 Å². The van der Waals surface area contributed by atoms with Crippen molar-refractivity contribution in [3.05, 3.63) is 22.6 Å². The van der Waals surface area contributed by atoms with Gasteiger partial charge in [-0.05, 0) is 36.8 Å². The van der Waals surface area contributed by atoms with Crippen LogP contribution < -0.4 is 10.6 Å². The molecule has 1 fully saturated rings. The zero-order valence-corrected chi connectivity index (χ0v) is 22.4. The van der Waals surface area contributed by atoms with Gasteiger partial charge in [-0.25, -0.2) is 14.3 Å².